The normalized spacial score (nSPS) is 15.0. The van der Waals surface area contributed by atoms with Crippen LogP contribution in [0.2, 0.25) is 0 Å². The highest BCUT2D eigenvalue weighted by Crippen LogP contribution is 2.28. The lowest BCUT2D eigenvalue weighted by molar-refractivity contribution is -0.384. The molecule has 1 aliphatic heterocycles. The number of nitrogens with one attached hydrogen (secondary N) is 2. The van der Waals surface area contributed by atoms with Gasteiger partial charge in [0.25, 0.3) is 11.6 Å². The van der Waals surface area contributed by atoms with Crippen LogP contribution in [-0.4, -0.2) is 28.6 Å². The smallest absolute Gasteiger partial charge is 0.269 e. The van der Waals surface area contributed by atoms with Crippen LogP contribution in [0.3, 0.4) is 0 Å². The zero-order valence-corrected chi connectivity index (χ0v) is 16.6. The van der Waals surface area contributed by atoms with Crippen molar-refractivity contribution in [2.45, 2.75) is 12.5 Å². The molecule has 9 heteroatoms. The Morgan fingerprint density at radius 2 is 1.87 bits per heavy atom. The third-order valence-corrected chi connectivity index (χ3v) is 4.87. The fourth-order valence-corrected chi connectivity index (χ4v) is 3.22. The summed E-state index contributed by atoms with van der Waals surface area (Å²) in [6, 6.07) is 17.2. The predicted molar refractivity (Wildman–Crippen MR) is 114 cm³/mol. The summed E-state index contributed by atoms with van der Waals surface area (Å²) >= 11 is 0. The molecule has 9 nitrogen and oxygen atoms in total. The molecule has 4 rings (SSSR count). The highest BCUT2D eigenvalue weighted by molar-refractivity contribution is 6.02. The van der Waals surface area contributed by atoms with Crippen LogP contribution in [0.1, 0.15) is 34.1 Å². The summed E-state index contributed by atoms with van der Waals surface area (Å²) in [7, 11) is 1.55. The predicted octanol–water partition coefficient (Wildman–Crippen LogP) is 3.58. The van der Waals surface area contributed by atoms with Crippen LogP contribution >= 0.6 is 0 Å². The number of nitro benzene ring substituents is 1. The maximum absolute atomic E-state index is 11.7. The van der Waals surface area contributed by atoms with Crippen molar-refractivity contribution in [1.29, 1.82) is 0 Å². The molecule has 0 saturated carbocycles. The minimum atomic E-state index is -0.420. The molecular weight excluding hydrogens is 398 g/mol. The SMILES string of the molecule is CNC(=O)c1cc(Oc2ccc(C3CC(c4ccc([N+](=O)[O-])cc4)=NN3)cc2)ccn1. The highest BCUT2D eigenvalue weighted by Gasteiger charge is 2.21. The van der Waals surface area contributed by atoms with E-state index in [9.17, 15) is 14.9 Å². The Labute approximate surface area is 177 Å². The van der Waals surface area contributed by atoms with E-state index in [1.807, 2.05) is 24.3 Å². The number of nitrogens with zero attached hydrogens (tertiary/aromatic N) is 3. The number of hydrogen-bond acceptors (Lipinski definition) is 7. The first-order valence-electron chi connectivity index (χ1n) is 9.56. The van der Waals surface area contributed by atoms with Gasteiger partial charge in [-0.1, -0.05) is 12.1 Å². The molecule has 3 aromatic rings. The second-order valence-electron chi connectivity index (χ2n) is 6.88. The van der Waals surface area contributed by atoms with Crippen LogP contribution in [-0.2, 0) is 0 Å². The van der Waals surface area contributed by atoms with Crippen molar-refractivity contribution in [3.8, 4) is 11.5 Å². The van der Waals surface area contributed by atoms with Gasteiger partial charge in [-0.2, -0.15) is 5.10 Å². The molecule has 0 saturated heterocycles. The fraction of sp³-hybridized carbons (Fsp3) is 0.136. The lowest BCUT2D eigenvalue weighted by Gasteiger charge is -2.12. The summed E-state index contributed by atoms with van der Waals surface area (Å²) in [5.41, 5.74) is 6.18. The number of rotatable bonds is 6. The van der Waals surface area contributed by atoms with Crippen LogP contribution in [0.5, 0.6) is 11.5 Å². The van der Waals surface area contributed by atoms with Gasteiger partial charge in [0.05, 0.1) is 16.7 Å². The van der Waals surface area contributed by atoms with E-state index in [1.165, 1.54) is 18.3 Å². The van der Waals surface area contributed by atoms with Gasteiger partial charge in [-0.3, -0.25) is 19.9 Å². The first kappa shape index (κ1) is 20.0. The number of aromatic nitrogens is 1. The number of non-ortho nitro benzene ring substituents is 1. The van der Waals surface area contributed by atoms with Crippen molar-refractivity contribution in [3.63, 3.8) is 0 Å². The van der Waals surface area contributed by atoms with E-state index in [0.717, 1.165) is 16.8 Å². The van der Waals surface area contributed by atoms with E-state index < -0.39 is 4.92 Å². The van der Waals surface area contributed by atoms with E-state index in [-0.39, 0.29) is 23.3 Å². The van der Waals surface area contributed by atoms with Crippen LogP contribution in [0.25, 0.3) is 0 Å². The Balaban J connectivity index is 1.40. The molecule has 0 fully saturated rings. The van der Waals surface area contributed by atoms with Crippen molar-refractivity contribution >= 4 is 17.3 Å². The minimum Gasteiger partial charge on any atom is -0.457 e. The second kappa shape index (κ2) is 8.62. The van der Waals surface area contributed by atoms with Crippen molar-refractivity contribution in [2.75, 3.05) is 7.05 Å². The van der Waals surface area contributed by atoms with Crippen molar-refractivity contribution < 1.29 is 14.5 Å². The van der Waals surface area contributed by atoms with Gasteiger partial charge in [-0.15, -0.1) is 0 Å². The second-order valence-corrected chi connectivity index (χ2v) is 6.88. The van der Waals surface area contributed by atoms with Gasteiger partial charge in [0, 0.05) is 37.9 Å². The van der Waals surface area contributed by atoms with Gasteiger partial charge in [0.15, 0.2) is 0 Å². The van der Waals surface area contributed by atoms with Gasteiger partial charge in [0.2, 0.25) is 0 Å². The summed E-state index contributed by atoms with van der Waals surface area (Å²) in [4.78, 5) is 26.1. The van der Waals surface area contributed by atoms with Gasteiger partial charge in [-0.05, 0) is 41.5 Å². The largest absolute Gasteiger partial charge is 0.457 e. The standard InChI is InChI=1S/C22H19N5O4/c1-23-22(28)21-12-18(10-11-24-21)31-17-8-4-15(5-9-17)20-13-19(25-26-20)14-2-6-16(7-3-14)27(29)30/h2-12,20,26H,13H2,1H3,(H,23,28). The zero-order chi connectivity index (χ0) is 21.8. The molecule has 2 N–H and O–H groups in total. The van der Waals surface area contributed by atoms with Crippen LogP contribution in [0.4, 0.5) is 5.69 Å². The zero-order valence-electron chi connectivity index (χ0n) is 16.6. The maximum atomic E-state index is 11.7. The van der Waals surface area contributed by atoms with Gasteiger partial charge < -0.3 is 15.5 Å². The van der Waals surface area contributed by atoms with Gasteiger partial charge in [-0.25, -0.2) is 0 Å². The first-order chi connectivity index (χ1) is 15.0. The van der Waals surface area contributed by atoms with Crippen molar-refractivity contribution in [3.05, 3.63) is 93.8 Å². The molecule has 31 heavy (non-hydrogen) atoms. The number of carbonyl (C=O) groups excluding carboxylic acids is 1. The molecule has 0 bridgehead atoms. The quantitative estimate of drug-likeness (QED) is 0.467. The molecule has 1 amide bonds. The Bertz CT molecular complexity index is 1140. The number of carbonyl (C=O) groups is 1. The summed E-state index contributed by atoms with van der Waals surface area (Å²) in [5.74, 6) is 0.869. The summed E-state index contributed by atoms with van der Waals surface area (Å²) in [6.45, 7) is 0. The lowest BCUT2D eigenvalue weighted by Crippen LogP contribution is -2.18. The molecule has 2 heterocycles. The number of hydrogen-bond donors (Lipinski definition) is 2. The van der Waals surface area contributed by atoms with E-state index in [2.05, 4.69) is 20.8 Å². The molecule has 2 aromatic carbocycles. The average Bonchev–Trinajstić information content (AvgIpc) is 3.29. The first-order valence-corrected chi connectivity index (χ1v) is 9.56. The number of hydrazone groups is 1. The fourth-order valence-electron chi connectivity index (χ4n) is 3.22. The summed E-state index contributed by atoms with van der Waals surface area (Å²) in [5, 5.41) is 17.7. The summed E-state index contributed by atoms with van der Waals surface area (Å²) < 4.78 is 5.83. The highest BCUT2D eigenvalue weighted by atomic mass is 16.6. The van der Waals surface area contributed by atoms with Crippen LogP contribution in [0.15, 0.2) is 72.0 Å². The average molecular weight is 417 g/mol. The third kappa shape index (κ3) is 4.50. The Hall–Kier alpha value is -4.27. The molecule has 1 aromatic heterocycles. The van der Waals surface area contributed by atoms with E-state index >= 15 is 0 Å². The molecule has 0 spiro atoms. The lowest BCUT2D eigenvalue weighted by atomic mass is 9.99. The molecule has 1 unspecified atom stereocenters. The van der Waals surface area contributed by atoms with E-state index in [4.69, 9.17) is 4.74 Å². The summed E-state index contributed by atoms with van der Waals surface area (Å²) in [6.07, 6.45) is 2.19. The molecule has 0 radical (unpaired) electrons. The molecule has 1 atom stereocenters. The monoisotopic (exact) mass is 417 g/mol. The Morgan fingerprint density at radius 3 is 2.55 bits per heavy atom. The Morgan fingerprint density at radius 1 is 1.13 bits per heavy atom. The third-order valence-electron chi connectivity index (χ3n) is 4.87. The number of pyridine rings is 1. The van der Waals surface area contributed by atoms with Gasteiger partial charge >= 0.3 is 0 Å². The van der Waals surface area contributed by atoms with Crippen molar-refractivity contribution in [1.82, 2.24) is 15.7 Å². The molecular formula is C22H19N5O4. The minimum absolute atomic E-state index is 0.0000185. The maximum Gasteiger partial charge on any atom is 0.269 e. The van der Waals surface area contributed by atoms with Gasteiger partial charge in [0.1, 0.15) is 17.2 Å². The van der Waals surface area contributed by atoms with Crippen LogP contribution < -0.4 is 15.5 Å². The van der Waals surface area contributed by atoms with E-state index in [1.54, 1.807) is 31.3 Å². The van der Waals surface area contributed by atoms with Crippen LogP contribution in [0, 0.1) is 10.1 Å². The number of benzene rings is 2. The van der Waals surface area contributed by atoms with E-state index in [0.29, 0.717) is 17.9 Å². The molecule has 0 aliphatic carbocycles. The van der Waals surface area contributed by atoms with Crippen molar-refractivity contribution in [2.24, 2.45) is 5.10 Å². The number of amides is 1. The Kier molecular flexibility index (Phi) is 5.57. The molecule has 1 aliphatic rings. The topological polar surface area (TPSA) is 119 Å². The molecule has 156 valence electrons. The number of nitro groups is 1. The number of ether oxygens (including phenoxy) is 1.